The van der Waals surface area contributed by atoms with Crippen LogP contribution in [0.2, 0.25) is 0 Å². The molecule has 0 spiro atoms. The third kappa shape index (κ3) is 5.79. The van der Waals surface area contributed by atoms with Gasteiger partial charge in [-0.15, -0.1) is 0 Å². The average molecular weight is 472 g/mol. The Morgan fingerprint density at radius 3 is 2.41 bits per heavy atom. The minimum atomic E-state index is -2.14. The molecule has 0 fully saturated rings. The van der Waals surface area contributed by atoms with E-state index in [4.69, 9.17) is 16.2 Å². The fourth-order valence-corrected chi connectivity index (χ4v) is 3.39. The number of carbonyl (C=O) groups is 4. The average Bonchev–Trinajstić information content (AvgIpc) is 2.78. The number of fused-ring (bicyclic) bond motifs is 4. The molecule has 2 aromatic carbocycles. The molecule has 0 radical (unpaired) electrons. The molecule has 180 valence electrons. The lowest BCUT2D eigenvalue weighted by atomic mass is 10.0. The highest BCUT2D eigenvalue weighted by Gasteiger charge is 2.35. The number of rotatable bonds is 3. The Balaban J connectivity index is 2.05. The van der Waals surface area contributed by atoms with Crippen LogP contribution >= 0.6 is 0 Å². The summed E-state index contributed by atoms with van der Waals surface area (Å²) in [4.78, 5) is 48.7. The third-order valence-electron chi connectivity index (χ3n) is 5.18. The van der Waals surface area contributed by atoms with E-state index in [1.54, 1.807) is 18.2 Å². The largest absolute Gasteiger partial charge is 0.504 e. The van der Waals surface area contributed by atoms with Crippen LogP contribution in [0.4, 0.5) is 0 Å². The summed E-state index contributed by atoms with van der Waals surface area (Å²) in [6, 6.07) is 6.08. The van der Waals surface area contributed by atoms with Crippen LogP contribution in [0.3, 0.4) is 0 Å². The molecule has 0 aromatic heterocycles. The highest BCUT2D eigenvalue weighted by atomic mass is 16.5. The first-order chi connectivity index (χ1) is 16.0. The summed E-state index contributed by atoms with van der Waals surface area (Å²) in [5.41, 5.74) is 12.0. The molecule has 4 bridgehead atoms. The van der Waals surface area contributed by atoms with Crippen molar-refractivity contribution in [1.29, 1.82) is 0 Å². The van der Waals surface area contributed by atoms with Gasteiger partial charge >= 0.3 is 5.97 Å². The summed E-state index contributed by atoms with van der Waals surface area (Å²) in [6.45, 7) is 0. The molecule has 1 aliphatic rings. The number of benzene rings is 2. The Bertz CT molecular complexity index is 1120. The molecule has 2 aromatic rings. The lowest BCUT2D eigenvalue weighted by Gasteiger charge is -2.25. The zero-order valence-corrected chi connectivity index (χ0v) is 17.8. The number of hydrogen-bond donors (Lipinski definition) is 7. The molecular formula is C22H24N4O8. The van der Waals surface area contributed by atoms with E-state index < -0.39 is 47.9 Å². The van der Waals surface area contributed by atoms with Crippen LogP contribution < -0.4 is 26.8 Å². The number of carboxylic acids is 1. The van der Waals surface area contributed by atoms with Crippen molar-refractivity contribution in [2.45, 2.75) is 37.1 Å². The summed E-state index contributed by atoms with van der Waals surface area (Å²) < 4.78 is 5.73. The fourth-order valence-electron chi connectivity index (χ4n) is 3.39. The molecule has 12 nitrogen and oxygen atoms in total. The first kappa shape index (κ1) is 24.5. The number of aliphatic carboxylic acids is 1. The number of phenols is 1. The monoisotopic (exact) mass is 472 g/mol. The molecule has 1 heterocycles. The van der Waals surface area contributed by atoms with Crippen molar-refractivity contribution in [3.05, 3.63) is 53.6 Å². The minimum Gasteiger partial charge on any atom is -0.504 e. The summed E-state index contributed by atoms with van der Waals surface area (Å²) in [5.74, 6) is -4.54. The number of phenolic OH excluding ortho intramolecular Hbond substituents is 1. The van der Waals surface area contributed by atoms with E-state index >= 15 is 0 Å². The number of carbonyl (C=O) groups excluding carboxylic acids is 3. The maximum absolute atomic E-state index is 12.8. The molecule has 9 N–H and O–H groups in total. The van der Waals surface area contributed by atoms with Crippen LogP contribution in [0.25, 0.3) is 0 Å². The molecule has 3 rings (SSSR count). The van der Waals surface area contributed by atoms with Gasteiger partial charge in [0, 0.05) is 6.42 Å². The van der Waals surface area contributed by atoms with Crippen molar-refractivity contribution < 1.29 is 39.2 Å². The van der Waals surface area contributed by atoms with E-state index in [0.717, 1.165) is 0 Å². The van der Waals surface area contributed by atoms with E-state index in [1.807, 2.05) is 0 Å². The number of nitrogens with one attached hydrogen (secondary N) is 2. The van der Waals surface area contributed by atoms with Gasteiger partial charge in [0.1, 0.15) is 17.8 Å². The number of hydrogen-bond acceptors (Lipinski definition) is 8. The van der Waals surface area contributed by atoms with Crippen LogP contribution in [-0.2, 0) is 32.0 Å². The molecule has 3 amide bonds. The van der Waals surface area contributed by atoms with Crippen molar-refractivity contribution in [3.8, 4) is 17.2 Å². The molecule has 0 saturated carbocycles. The van der Waals surface area contributed by atoms with Gasteiger partial charge in [-0.1, -0.05) is 18.2 Å². The molecule has 12 heteroatoms. The number of aliphatic hydroxyl groups is 1. The van der Waals surface area contributed by atoms with Gasteiger partial charge < -0.3 is 42.2 Å². The van der Waals surface area contributed by atoms with Crippen molar-refractivity contribution in [3.63, 3.8) is 0 Å². The molecule has 0 unspecified atom stereocenters. The highest BCUT2D eigenvalue weighted by molar-refractivity contribution is 5.96. The lowest BCUT2D eigenvalue weighted by Crippen LogP contribution is -2.61. The predicted molar refractivity (Wildman–Crippen MR) is 117 cm³/mol. The maximum Gasteiger partial charge on any atom is 0.326 e. The van der Waals surface area contributed by atoms with E-state index in [0.29, 0.717) is 11.1 Å². The summed E-state index contributed by atoms with van der Waals surface area (Å²) >= 11 is 0. The molecule has 0 saturated heterocycles. The van der Waals surface area contributed by atoms with Crippen LogP contribution in [0.5, 0.6) is 17.2 Å². The zero-order chi connectivity index (χ0) is 25.0. The summed E-state index contributed by atoms with van der Waals surface area (Å²) in [6.07, 6.45) is -2.39. The smallest absolute Gasteiger partial charge is 0.326 e. The van der Waals surface area contributed by atoms with Gasteiger partial charge in [-0.2, -0.15) is 0 Å². The third-order valence-corrected chi connectivity index (χ3v) is 5.18. The standard InChI is InChI=1S/C22H24N4O8/c23-13-7-11-4-5-15(27)16(9-11)34-12-3-1-2-10(6-12)8-14(22(32)33)25-21(31)17(26-20(13)30)18(28)19(24)29/h1-6,9,13-14,17-18,27-28H,7-8,23H2,(H2,24,29)(H,25,31)(H,26,30)(H,32,33)/t13-,14-,17-,18+/m0/s1. The second kappa shape index (κ2) is 10.2. The topological polar surface area (TPSA) is 214 Å². The minimum absolute atomic E-state index is 0.0543. The number of primary amides is 1. The summed E-state index contributed by atoms with van der Waals surface area (Å²) in [5, 5.41) is 34.2. The van der Waals surface area contributed by atoms with Gasteiger partial charge in [-0.25, -0.2) is 4.79 Å². The molecule has 1 aliphatic heterocycles. The van der Waals surface area contributed by atoms with E-state index in [1.165, 1.54) is 24.3 Å². The van der Waals surface area contributed by atoms with Crippen molar-refractivity contribution in [2.24, 2.45) is 11.5 Å². The zero-order valence-electron chi connectivity index (χ0n) is 17.8. The highest BCUT2D eigenvalue weighted by Crippen LogP contribution is 2.32. The van der Waals surface area contributed by atoms with E-state index in [9.17, 15) is 34.5 Å². The normalized spacial score (nSPS) is 22.0. The number of amides is 3. The Kier molecular flexibility index (Phi) is 7.34. The van der Waals surface area contributed by atoms with Gasteiger partial charge in [0.15, 0.2) is 17.6 Å². The fraction of sp³-hybridized carbons (Fsp3) is 0.273. The van der Waals surface area contributed by atoms with Gasteiger partial charge in [0.25, 0.3) is 0 Å². The number of aliphatic hydroxyl groups excluding tert-OH is 1. The van der Waals surface area contributed by atoms with Crippen LogP contribution in [0, 0.1) is 0 Å². The Labute approximate surface area is 193 Å². The van der Waals surface area contributed by atoms with Gasteiger partial charge in [0.05, 0.1) is 6.04 Å². The first-order valence-electron chi connectivity index (χ1n) is 10.2. The molecule has 34 heavy (non-hydrogen) atoms. The van der Waals surface area contributed by atoms with Gasteiger partial charge in [-0.05, 0) is 41.8 Å². The lowest BCUT2D eigenvalue weighted by molar-refractivity contribution is -0.144. The van der Waals surface area contributed by atoms with Crippen LogP contribution in [0.1, 0.15) is 11.1 Å². The quantitative estimate of drug-likeness (QED) is 0.277. The number of aromatic hydroxyl groups is 1. The van der Waals surface area contributed by atoms with Crippen molar-refractivity contribution in [1.82, 2.24) is 10.6 Å². The van der Waals surface area contributed by atoms with Crippen LogP contribution in [-0.4, -0.2) is 63.2 Å². The number of carboxylic acid groups (broad SMARTS) is 1. The van der Waals surface area contributed by atoms with Crippen molar-refractivity contribution in [2.75, 3.05) is 0 Å². The second-order valence-electron chi connectivity index (χ2n) is 7.80. The first-order valence-corrected chi connectivity index (χ1v) is 10.2. The second-order valence-corrected chi connectivity index (χ2v) is 7.80. The summed E-state index contributed by atoms with van der Waals surface area (Å²) in [7, 11) is 0. The molecule has 0 aliphatic carbocycles. The van der Waals surface area contributed by atoms with Crippen molar-refractivity contribution >= 4 is 23.7 Å². The SMILES string of the molecule is NC(=O)[C@H](O)[C@@H]1NC(=O)[C@@H](N)Cc2ccc(O)c(c2)Oc2cccc(c2)C[C@@H](C(=O)O)NC1=O. The number of ether oxygens (including phenoxy) is 1. The maximum atomic E-state index is 12.8. The predicted octanol–water partition coefficient (Wildman–Crippen LogP) is -1.49. The van der Waals surface area contributed by atoms with Gasteiger partial charge in [-0.3, -0.25) is 14.4 Å². The van der Waals surface area contributed by atoms with E-state index in [2.05, 4.69) is 10.6 Å². The Hall–Kier alpha value is -4.16. The molecule has 4 atom stereocenters. The Morgan fingerprint density at radius 1 is 1.03 bits per heavy atom. The molecular weight excluding hydrogens is 448 g/mol. The number of nitrogens with two attached hydrogens (primary N) is 2. The Morgan fingerprint density at radius 2 is 1.74 bits per heavy atom. The van der Waals surface area contributed by atoms with E-state index in [-0.39, 0.29) is 30.1 Å². The van der Waals surface area contributed by atoms with Crippen LogP contribution in [0.15, 0.2) is 42.5 Å². The van der Waals surface area contributed by atoms with Gasteiger partial charge in [0.2, 0.25) is 17.7 Å².